The number of fused-ring (bicyclic) bond motifs is 1. The smallest absolute Gasteiger partial charge is 0.262 e. The van der Waals surface area contributed by atoms with Crippen molar-refractivity contribution in [3.8, 4) is 0 Å². The number of rotatable bonds is 7. The van der Waals surface area contributed by atoms with Gasteiger partial charge in [-0.15, -0.1) is 0 Å². The van der Waals surface area contributed by atoms with Crippen molar-refractivity contribution in [3.05, 3.63) is 46.4 Å². The summed E-state index contributed by atoms with van der Waals surface area (Å²) in [6.45, 7) is 4.43. The Morgan fingerprint density at radius 1 is 1.35 bits per heavy atom. The number of thioether (sulfide) groups is 1. The fraction of sp³-hybridized carbons (Fsp3) is 0.333. The molecule has 3 rings (SSSR count). The molecule has 0 saturated heterocycles. The topological polar surface area (TPSA) is 90.0 Å². The van der Waals surface area contributed by atoms with Crippen LogP contribution in [-0.2, 0) is 11.3 Å². The van der Waals surface area contributed by atoms with E-state index in [1.54, 1.807) is 23.6 Å². The zero-order chi connectivity index (χ0) is 18.5. The number of hydrogen-bond acceptors (Lipinski definition) is 6. The summed E-state index contributed by atoms with van der Waals surface area (Å²) >= 11 is 1.24. The van der Waals surface area contributed by atoms with E-state index in [-0.39, 0.29) is 17.2 Å². The quantitative estimate of drug-likeness (QED) is 0.506. The molecule has 0 aliphatic carbocycles. The van der Waals surface area contributed by atoms with E-state index in [1.165, 1.54) is 11.8 Å². The van der Waals surface area contributed by atoms with Crippen molar-refractivity contribution in [2.45, 2.75) is 38.4 Å². The van der Waals surface area contributed by atoms with Gasteiger partial charge in [-0.2, -0.15) is 0 Å². The Kier molecular flexibility index (Phi) is 5.72. The van der Waals surface area contributed by atoms with Gasteiger partial charge < -0.3 is 4.52 Å². The lowest BCUT2D eigenvalue weighted by Gasteiger charge is -2.12. The number of para-hydroxylation sites is 1. The maximum absolute atomic E-state index is 12.8. The molecule has 0 atom stereocenters. The van der Waals surface area contributed by atoms with Gasteiger partial charge in [0.2, 0.25) is 11.8 Å². The number of benzene rings is 1. The number of hydrogen-bond donors (Lipinski definition) is 1. The Hall–Kier alpha value is -2.61. The second-order valence-electron chi connectivity index (χ2n) is 5.89. The third-order valence-electron chi connectivity index (χ3n) is 3.78. The second-order valence-corrected chi connectivity index (χ2v) is 6.83. The van der Waals surface area contributed by atoms with E-state index in [9.17, 15) is 9.59 Å². The van der Waals surface area contributed by atoms with E-state index in [0.717, 1.165) is 12.8 Å². The van der Waals surface area contributed by atoms with Crippen LogP contribution >= 0.6 is 11.8 Å². The van der Waals surface area contributed by atoms with Crippen LogP contribution in [0.1, 0.15) is 25.5 Å². The molecule has 0 radical (unpaired) electrons. The number of anilines is 1. The largest absolute Gasteiger partial charge is 0.338 e. The molecule has 0 spiro atoms. The maximum Gasteiger partial charge on any atom is 0.262 e. The lowest BCUT2D eigenvalue weighted by Crippen LogP contribution is -2.24. The van der Waals surface area contributed by atoms with Crippen molar-refractivity contribution in [3.63, 3.8) is 0 Å². The van der Waals surface area contributed by atoms with Crippen LogP contribution in [0, 0.1) is 6.92 Å². The zero-order valence-corrected chi connectivity index (χ0v) is 15.5. The number of amides is 1. The highest BCUT2D eigenvalue weighted by Crippen LogP contribution is 2.19. The lowest BCUT2D eigenvalue weighted by molar-refractivity contribution is -0.113. The normalized spacial score (nSPS) is 11.0. The van der Waals surface area contributed by atoms with Gasteiger partial charge in [0.05, 0.1) is 22.3 Å². The molecule has 0 bridgehead atoms. The minimum Gasteiger partial charge on any atom is -0.338 e. The Balaban J connectivity index is 1.81. The van der Waals surface area contributed by atoms with Gasteiger partial charge in [-0.05, 0) is 25.5 Å². The van der Waals surface area contributed by atoms with Crippen molar-refractivity contribution >= 4 is 34.5 Å². The predicted molar refractivity (Wildman–Crippen MR) is 102 cm³/mol. The highest BCUT2D eigenvalue weighted by molar-refractivity contribution is 7.99. The summed E-state index contributed by atoms with van der Waals surface area (Å²) in [7, 11) is 0. The molecule has 1 aromatic carbocycles. The first kappa shape index (κ1) is 18.2. The molecule has 7 nitrogen and oxygen atoms in total. The molecular weight excluding hydrogens is 352 g/mol. The highest BCUT2D eigenvalue weighted by atomic mass is 32.2. The predicted octanol–water partition coefficient (Wildman–Crippen LogP) is 3.22. The van der Waals surface area contributed by atoms with E-state index in [4.69, 9.17) is 4.52 Å². The Bertz CT molecular complexity index is 980. The third-order valence-corrected chi connectivity index (χ3v) is 4.76. The molecular formula is C18H20N4O3S. The van der Waals surface area contributed by atoms with Crippen LogP contribution in [0.25, 0.3) is 10.9 Å². The molecule has 0 aliphatic heterocycles. The monoisotopic (exact) mass is 372 g/mol. The molecule has 26 heavy (non-hydrogen) atoms. The number of aryl methyl sites for hydroxylation is 1. The van der Waals surface area contributed by atoms with Crippen molar-refractivity contribution in [2.24, 2.45) is 0 Å². The standard InChI is InChI=1S/C18H20N4O3S/c1-3-4-9-22-17(24)13-7-5-6-8-14(13)19-18(22)26-11-15(23)20-16-10-12(2)21-25-16/h5-8,10H,3-4,9,11H2,1-2H3,(H,20,23). The Morgan fingerprint density at radius 2 is 2.15 bits per heavy atom. The van der Waals surface area contributed by atoms with Crippen molar-refractivity contribution < 1.29 is 9.32 Å². The van der Waals surface area contributed by atoms with Crippen LogP contribution in [-0.4, -0.2) is 26.4 Å². The first-order valence-corrected chi connectivity index (χ1v) is 9.42. The summed E-state index contributed by atoms with van der Waals surface area (Å²) < 4.78 is 6.63. The number of nitrogens with zero attached hydrogens (tertiary/aromatic N) is 3. The van der Waals surface area contributed by atoms with Gasteiger partial charge >= 0.3 is 0 Å². The van der Waals surface area contributed by atoms with Crippen molar-refractivity contribution in [2.75, 3.05) is 11.1 Å². The molecule has 1 amide bonds. The third kappa shape index (κ3) is 4.13. The number of aromatic nitrogens is 3. The zero-order valence-electron chi connectivity index (χ0n) is 14.7. The van der Waals surface area contributed by atoms with Crippen molar-refractivity contribution in [1.82, 2.24) is 14.7 Å². The van der Waals surface area contributed by atoms with Gasteiger partial charge in [-0.1, -0.05) is 42.4 Å². The molecule has 0 unspecified atom stereocenters. The second kappa shape index (κ2) is 8.18. The lowest BCUT2D eigenvalue weighted by atomic mass is 10.2. The average molecular weight is 372 g/mol. The molecule has 8 heteroatoms. The number of carbonyl (C=O) groups excluding carboxylic acids is 1. The van der Waals surface area contributed by atoms with Gasteiger partial charge in [0.15, 0.2) is 5.16 Å². The van der Waals surface area contributed by atoms with Crippen LogP contribution < -0.4 is 10.9 Å². The van der Waals surface area contributed by atoms with E-state index >= 15 is 0 Å². The van der Waals surface area contributed by atoms with E-state index < -0.39 is 0 Å². The average Bonchev–Trinajstić information content (AvgIpc) is 3.04. The van der Waals surface area contributed by atoms with Crippen LogP contribution in [0.2, 0.25) is 0 Å². The maximum atomic E-state index is 12.8. The fourth-order valence-electron chi connectivity index (χ4n) is 2.50. The Morgan fingerprint density at radius 3 is 2.88 bits per heavy atom. The number of nitrogens with one attached hydrogen (secondary N) is 1. The van der Waals surface area contributed by atoms with Gasteiger partial charge in [0.25, 0.3) is 5.56 Å². The minimum absolute atomic E-state index is 0.0715. The molecule has 0 fully saturated rings. The molecule has 2 aromatic heterocycles. The van der Waals surface area contributed by atoms with Gasteiger partial charge in [-0.3, -0.25) is 19.5 Å². The summed E-state index contributed by atoms with van der Waals surface area (Å²) in [4.78, 5) is 29.5. The summed E-state index contributed by atoms with van der Waals surface area (Å²) in [6, 6.07) is 8.91. The van der Waals surface area contributed by atoms with Crippen LogP contribution in [0.5, 0.6) is 0 Å². The summed E-state index contributed by atoms with van der Waals surface area (Å²) in [5, 5.41) is 7.51. The van der Waals surface area contributed by atoms with Crippen molar-refractivity contribution in [1.29, 1.82) is 0 Å². The van der Waals surface area contributed by atoms with Gasteiger partial charge in [0, 0.05) is 12.6 Å². The van der Waals surface area contributed by atoms with Gasteiger partial charge in [0.1, 0.15) is 0 Å². The molecule has 3 aromatic rings. The van der Waals surface area contributed by atoms with E-state index in [2.05, 4.69) is 22.4 Å². The molecule has 2 heterocycles. The van der Waals surface area contributed by atoms with Crippen LogP contribution in [0.15, 0.2) is 44.8 Å². The number of unbranched alkanes of at least 4 members (excludes halogenated alkanes) is 1. The molecule has 0 saturated carbocycles. The van der Waals surface area contributed by atoms with E-state index in [0.29, 0.717) is 34.2 Å². The molecule has 136 valence electrons. The SMILES string of the molecule is CCCCn1c(SCC(=O)Nc2cc(C)no2)nc2ccccc2c1=O. The summed E-state index contributed by atoms with van der Waals surface area (Å²) in [5.74, 6) is 0.190. The fourth-order valence-corrected chi connectivity index (χ4v) is 3.32. The number of carbonyl (C=O) groups is 1. The Labute approximate surface area is 154 Å². The van der Waals surface area contributed by atoms with Gasteiger partial charge in [-0.25, -0.2) is 4.98 Å². The first-order chi connectivity index (χ1) is 12.6. The minimum atomic E-state index is -0.240. The highest BCUT2D eigenvalue weighted by Gasteiger charge is 2.14. The van der Waals surface area contributed by atoms with E-state index in [1.807, 2.05) is 18.2 Å². The summed E-state index contributed by atoms with van der Waals surface area (Å²) in [6.07, 6.45) is 1.84. The summed E-state index contributed by atoms with van der Waals surface area (Å²) in [5.41, 5.74) is 1.26. The molecule has 0 aliphatic rings. The van der Waals surface area contributed by atoms with Crippen LogP contribution in [0.3, 0.4) is 0 Å². The first-order valence-electron chi connectivity index (χ1n) is 8.44. The van der Waals surface area contributed by atoms with Crippen LogP contribution in [0.4, 0.5) is 5.88 Å². The molecule has 1 N–H and O–H groups in total.